The Bertz CT molecular complexity index is 523. The molecule has 0 spiro atoms. The topological polar surface area (TPSA) is 0 Å². The predicted molar refractivity (Wildman–Crippen MR) is 68.6 cm³/mol. The van der Waals surface area contributed by atoms with Gasteiger partial charge in [-0.15, -0.1) is 0 Å². The molecule has 0 radical (unpaired) electrons. The molecule has 0 heteroatoms. The number of benzene rings is 2. The van der Waals surface area contributed by atoms with Gasteiger partial charge in [-0.1, -0.05) is 48.0 Å². The summed E-state index contributed by atoms with van der Waals surface area (Å²) in [7, 11) is 0. The summed E-state index contributed by atoms with van der Waals surface area (Å²) in [6, 6.07) is 15.7. The van der Waals surface area contributed by atoms with Crippen molar-refractivity contribution in [3.63, 3.8) is 0 Å². The molecule has 3 rings (SSSR count). The summed E-state index contributed by atoms with van der Waals surface area (Å²) in [4.78, 5) is 0. The molecular formula is C16H16. The van der Waals surface area contributed by atoms with Crippen LogP contribution in [0.2, 0.25) is 0 Å². The van der Waals surface area contributed by atoms with E-state index in [2.05, 4.69) is 49.4 Å². The average molecular weight is 208 g/mol. The SMILES string of the molecule is Cc1ccc2c(c1)CCCc1ccccc1-2. The van der Waals surface area contributed by atoms with Crippen LogP contribution in [0.3, 0.4) is 0 Å². The third kappa shape index (κ3) is 1.55. The van der Waals surface area contributed by atoms with E-state index in [-0.39, 0.29) is 0 Å². The Balaban J connectivity index is 2.25. The van der Waals surface area contributed by atoms with Crippen LogP contribution in [-0.2, 0) is 12.8 Å². The van der Waals surface area contributed by atoms with Gasteiger partial charge in [0, 0.05) is 0 Å². The molecule has 0 N–H and O–H groups in total. The molecule has 1 aliphatic carbocycles. The summed E-state index contributed by atoms with van der Waals surface area (Å²) in [6.07, 6.45) is 3.70. The van der Waals surface area contributed by atoms with E-state index in [0.29, 0.717) is 0 Å². The van der Waals surface area contributed by atoms with Crippen LogP contribution in [0.25, 0.3) is 11.1 Å². The van der Waals surface area contributed by atoms with E-state index in [1.807, 2.05) is 0 Å². The summed E-state index contributed by atoms with van der Waals surface area (Å²) in [5, 5.41) is 0. The molecule has 0 saturated heterocycles. The second kappa shape index (κ2) is 3.79. The zero-order chi connectivity index (χ0) is 11.0. The lowest BCUT2D eigenvalue weighted by Crippen LogP contribution is -1.88. The molecule has 0 saturated carbocycles. The Morgan fingerprint density at radius 1 is 0.812 bits per heavy atom. The van der Waals surface area contributed by atoms with Gasteiger partial charge in [0.05, 0.1) is 0 Å². The Labute approximate surface area is 96.9 Å². The van der Waals surface area contributed by atoms with Crippen molar-refractivity contribution < 1.29 is 0 Å². The van der Waals surface area contributed by atoms with Gasteiger partial charge in [0.1, 0.15) is 0 Å². The van der Waals surface area contributed by atoms with Crippen LogP contribution in [0.15, 0.2) is 42.5 Å². The minimum absolute atomic E-state index is 1.21. The maximum atomic E-state index is 2.34. The van der Waals surface area contributed by atoms with Crippen molar-refractivity contribution in [2.75, 3.05) is 0 Å². The van der Waals surface area contributed by atoms with Crippen molar-refractivity contribution in [3.05, 3.63) is 59.2 Å². The van der Waals surface area contributed by atoms with Crippen molar-refractivity contribution >= 4 is 0 Å². The fourth-order valence-corrected chi connectivity index (χ4v) is 2.66. The number of hydrogen-bond acceptors (Lipinski definition) is 0. The third-order valence-electron chi connectivity index (χ3n) is 3.46. The molecule has 0 unspecified atom stereocenters. The normalized spacial score (nSPS) is 13.8. The van der Waals surface area contributed by atoms with E-state index in [4.69, 9.17) is 0 Å². The van der Waals surface area contributed by atoms with Crippen LogP contribution >= 0.6 is 0 Å². The molecule has 0 aromatic heterocycles. The van der Waals surface area contributed by atoms with Crippen LogP contribution in [0.1, 0.15) is 23.1 Å². The van der Waals surface area contributed by atoms with E-state index in [1.165, 1.54) is 47.1 Å². The standard InChI is InChI=1S/C16H16/c1-12-9-10-16-14(11-12)7-4-6-13-5-2-3-8-15(13)16/h2-3,5,8-11H,4,6-7H2,1H3. The molecule has 2 aromatic carbocycles. The highest BCUT2D eigenvalue weighted by molar-refractivity contribution is 5.72. The minimum Gasteiger partial charge on any atom is -0.0620 e. The molecule has 0 amide bonds. The summed E-state index contributed by atoms with van der Waals surface area (Å²) in [5.74, 6) is 0. The lowest BCUT2D eigenvalue weighted by atomic mass is 9.95. The van der Waals surface area contributed by atoms with Gasteiger partial charge in [-0.3, -0.25) is 0 Å². The summed E-state index contributed by atoms with van der Waals surface area (Å²) in [6.45, 7) is 2.18. The second-order valence-corrected chi connectivity index (χ2v) is 4.67. The summed E-state index contributed by atoms with van der Waals surface area (Å²) < 4.78 is 0. The van der Waals surface area contributed by atoms with Crippen LogP contribution in [-0.4, -0.2) is 0 Å². The molecule has 0 atom stereocenters. The number of fused-ring (bicyclic) bond motifs is 3. The third-order valence-corrected chi connectivity index (χ3v) is 3.46. The Kier molecular flexibility index (Phi) is 2.28. The lowest BCUT2D eigenvalue weighted by Gasteiger charge is -2.09. The van der Waals surface area contributed by atoms with Crippen molar-refractivity contribution in [2.45, 2.75) is 26.2 Å². The molecule has 1 aliphatic rings. The van der Waals surface area contributed by atoms with Crippen LogP contribution in [0, 0.1) is 6.92 Å². The molecule has 0 aliphatic heterocycles. The highest BCUT2D eigenvalue weighted by atomic mass is 14.2. The van der Waals surface area contributed by atoms with E-state index < -0.39 is 0 Å². The van der Waals surface area contributed by atoms with Gasteiger partial charge in [-0.25, -0.2) is 0 Å². The van der Waals surface area contributed by atoms with E-state index >= 15 is 0 Å². The van der Waals surface area contributed by atoms with Crippen molar-refractivity contribution in [2.24, 2.45) is 0 Å². The predicted octanol–water partition coefficient (Wildman–Crippen LogP) is 4.15. The lowest BCUT2D eigenvalue weighted by molar-refractivity contribution is 0.834. The van der Waals surface area contributed by atoms with Gasteiger partial charge < -0.3 is 0 Å². The van der Waals surface area contributed by atoms with Crippen LogP contribution in [0.5, 0.6) is 0 Å². The van der Waals surface area contributed by atoms with Crippen LogP contribution in [0.4, 0.5) is 0 Å². The average Bonchev–Trinajstić information content (AvgIpc) is 2.47. The van der Waals surface area contributed by atoms with E-state index in [0.717, 1.165) is 0 Å². The fourth-order valence-electron chi connectivity index (χ4n) is 2.66. The molecule has 16 heavy (non-hydrogen) atoms. The van der Waals surface area contributed by atoms with Gasteiger partial charge >= 0.3 is 0 Å². The molecule has 80 valence electrons. The van der Waals surface area contributed by atoms with E-state index in [1.54, 1.807) is 0 Å². The Morgan fingerprint density at radius 3 is 2.50 bits per heavy atom. The highest BCUT2D eigenvalue weighted by Crippen LogP contribution is 2.32. The Morgan fingerprint density at radius 2 is 1.56 bits per heavy atom. The van der Waals surface area contributed by atoms with Gasteiger partial charge in [-0.05, 0) is 48.4 Å². The van der Waals surface area contributed by atoms with E-state index in [9.17, 15) is 0 Å². The zero-order valence-corrected chi connectivity index (χ0v) is 9.66. The smallest absolute Gasteiger partial charge is 0.0149 e. The number of hydrogen-bond donors (Lipinski definition) is 0. The second-order valence-electron chi connectivity index (χ2n) is 4.67. The summed E-state index contributed by atoms with van der Waals surface area (Å²) >= 11 is 0. The fraction of sp³-hybridized carbons (Fsp3) is 0.250. The highest BCUT2D eigenvalue weighted by Gasteiger charge is 2.13. The quantitative estimate of drug-likeness (QED) is 0.610. The van der Waals surface area contributed by atoms with Crippen LogP contribution < -0.4 is 0 Å². The maximum Gasteiger partial charge on any atom is -0.0149 e. The monoisotopic (exact) mass is 208 g/mol. The first-order chi connectivity index (χ1) is 7.84. The minimum atomic E-state index is 1.21. The summed E-state index contributed by atoms with van der Waals surface area (Å²) in [5.41, 5.74) is 7.28. The molecule has 0 fully saturated rings. The molecule has 0 nitrogen and oxygen atoms in total. The molecular weight excluding hydrogens is 192 g/mol. The van der Waals surface area contributed by atoms with Gasteiger partial charge in [-0.2, -0.15) is 0 Å². The van der Waals surface area contributed by atoms with Gasteiger partial charge in [0.15, 0.2) is 0 Å². The number of rotatable bonds is 0. The maximum absolute atomic E-state index is 2.34. The first kappa shape index (κ1) is 9.65. The molecule has 0 heterocycles. The largest absolute Gasteiger partial charge is 0.0620 e. The van der Waals surface area contributed by atoms with Crippen molar-refractivity contribution in [1.82, 2.24) is 0 Å². The zero-order valence-electron chi connectivity index (χ0n) is 9.66. The first-order valence-electron chi connectivity index (χ1n) is 6.02. The van der Waals surface area contributed by atoms with Gasteiger partial charge in [0.2, 0.25) is 0 Å². The van der Waals surface area contributed by atoms with Crippen molar-refractivity contribution in [3.8, 4) is 11.1 Å². The Hall–Kier alpha value is -1.56. The molecule has 2 aromatic rings. The van der Waals surface area contributed by atoms with Crippen molar-refractivity contribution in [1.29, 1.82) is 0 Å². The van der Waals surface area contributed by atoms with Gasteiger partial charge in [0.25, 0.3) is 0 Å². The molecule has 0 bridgehead atoms. The first-order valence-corrected chi connectivity index (χ1v) is 6.02. The number of aryl methyl sites for hydroxylation is 3.